The maximum Gasteiger partial charge on any atom is 0.0618 e. The molecule has 1 unspecified atom stereocenters. The molecular weight excluding hydrogens is 140 g/mol. The second-order valence-corrected chi connectivity index (χ2v) is 4.16. The Hall–Kier alpha value is -0.0800. The molecule has 0 aliphatic rings. The van der Waals surface area contributed by atoms with Gasteiger partial charge in [0.05, 0.1) is 11.2 Å². The van der Waals surface area contributed by atoms with Gasteiger partial charge in [0.2, 0.25) is 0 Å². The first-order chi connectivity index (χ1) is 4.77. The molecule has 0 aliphatic carbocycles. The molecule has 0 bridgehead atoms. The summed E-state index contributed by atoms with van der Waals surface area (Å²) in [5, 5.41) is 18.9. The molecule has 0 saturated carbocycles. The second-order valence-electron chi connectivity index (χ2n) is 4.16. The van der Waals surface area contributed by atoms with E-state index in [0.717, 1.165) is 6.42 Å². The van der Waals surface area contributed by atoms with Crippen LogP contribution < -0.4 is 0 Å². The first-order valence-electron chi connectivity index (χ1n) is 4.21. The number of hydrogen-bond acceptors (Lipinski definition) is 2. The number of aliphatic hydroxyl groups is 2. The minimum Gasteiger partial charge on any atom is -0.390 e. The minimum atomic E-state index is -0.654. The highest BCUT2D eigenvalue weighted by Crippen LogP contribution is 2.21. The van der Waals surface area contributed by atoms with Crippen molar-refractivity contribution in [1.29, 1.82) is 0 Å². The van der Waals surface area contributed by atoms with Crippen molar-refractivity contribution in [3.63, 3.8) is 0 Å². The van der Waals surface area contributed by atoms with E-state index < -0.39 is 11.2 Å². The molecule has 1 atom stereocenters. The maximum absolute atomic E-state index is 9.58. The SMILES string of the molecule is CCC(C)(O)CCC(C)(C)O. The predicted molar refractivity (Wildman–Crippen MR) is 46.4 cm³/mol. The van der Waals surface area contributed by atoms with Gasteiger partial charge in [0, 0.05) is 0 Å². The predicted octanol–water partition coefficient (Wildman–Crippen LogP) is 1.70. The van der Waals surface area contributed by atoms with Crippen molar-refractivity contribution in [2.75, 3.05) is 0 Å². The zero-order valence-corrected chi connectivity index (χ0v) is 8.02. The molecule has 0 saturated heterocycles. The first-order valence-corrected chi connectivity index (χ1v) is 4.21. The molecule has 0 spiro atoms. The Bertz CT molecular complexity index is 111. The summed E-state index contributed by atoms with van der Waals surface area (Å²) in [7, 11) is 0. The van der Waals surface area contributed by atoms with Crippen LogP contribution in [0.5, 0.6) is 0 Å². The molecule has 2 heteroatoms. The van der Waals surface area contributed by atoms with Gasteiger partial charge in [-0.25, -0.2) is 0 Å². The molecule has 0 aromatic rings. The molecule has 0 fully saturated rings. The third-order valence-electron chi connectivity index (χ3n) is 2.04. The number of rotatable bonds is 4. The van der Waals surface area contributed by atoms with Crippen molar-refractivity contribution in [1.82, 2.24) is 0 Å². The van der Waals surface area contributed by atoms with Gasteiger partial charge < -0.3 is 10.2 Å². The molecule has 0 aromatic heterocycles. The van der Waals surface area contributed by atoms with Crippen LogP contribution in [0.2, 0.25) is 0 Å². The van der Waals surface area contributed by atoms with Gasteiger partial charge in [0.1, 0.15) is 0 Å². The summed E-state index contributed by atoms with van der Waals surface area (Å²) >= 11 is 0. The fraction of sp³-hybridized carbons (Fsp3) is 1.00. The highest BCUT2D eigenvalue weighted by atomic mass is 16.3. The van der Waals surface area contributed by atoms with Crippen LogP contribution in [0.15, 0.2) is 0 Å². The van der Waals surface area contributed by atoms with Gasteiger partial charge in [-0.05, 0) is 40.0 Å². The topological polar surface area (TPSA) is 40.5 Å². The van der Waals surface area contributed by atoms with E-state index in [4.69, 9.17) is 0 Å². The molecule has 2 N–H and O–H groups in total. The summed E-state index contributed by atoms with van der Waals surface area (Å²) in [5.74, 6) is 0. The summed E-state index contributed by atoms with van der Waals surface area (Å²) in [5.41, 5.74) is -1.26. The van der Waals surface area contributed by atoms with Crippen molar-refractivity contribution in [2.45, 2.75) is 58.2 Å². The van der Waals surface area contributed by atoms with Crippen molar-refractivity contribution < 1.29 is 10.2 Å². The van der Waals surface area contributed by atoms with E-state index >= 15 is 0 Å². The quantitative estimate of drug-likeness (QED) is 0.657. The van der Waals surface area contributed by atoms with E-state index in [0.29, 0.717) is 12.8 Å². The molecule has 0 radical (unpaired) electrons. The zero-order chi connectivity index (χ0) is 9.12. The molecule has 0 rings (SSSR count). The molecule has 11 heavy (non-hydrogen) atoms. The lowest BCUT2D eigenvalue weighted by molar-refractivity contribution is 0.00416. The van der Waals surface area contributed by atoms with Crippen molar-refractivity contribution in [2.24, 2.45) is 0 Å². The second kappa shape index (κ2) is 3.55. The van der Waals surface area contributed by atoms with Crippen LogP contribution in [0.1, 0.15) is 47.0 Å². The third-order valence-corrected chi connectivity index (χ3v) is 2.04. The average molecular weight is 160 g/mol. The van der Waals surface area contributed by atoms with Gasteiger partial charge in [-0.2, -0.15) is 0 Å². The van der Waals surface area contributed by atoms with Gasteiger partial charge in [-0.15, -0.1) is 0 Å². The normalized spacial score (nSPS) is 18.0. The van der Waals surface area contributed by atoms with Gasteiger partial charge >= 0.3 is 0 Å². The third kappa shape index (κ3) is 6.32. The van der Waals surface area contributed by atoms with Crippen LogP contribution in [0.4, 0.5) is 0 Å². The Morgan fingerprint density at radius 2 is 1.45 bits per heavy atom. The zero-order valence-electron chi connectivity index (χ0n) is 8.02. The highest BCUT2D eigenvalue weighted by Gasteiger charge is 2.22. The van der Waals surface area contributed by atoms with E-state index in [1.165, 1.54) is 0 Å². The van der Waals surface area contributed by atoms with Crippen LogP contribution in [0.3, 0.4) is 0 Å². The Balaban J connectivity index is 3.70. The van der Waals surface area contributed by atoms with Gasteiger partial charge in [-0.1, -0.05) is 6.92 Å². The maximum atomic E-state index is 9.58. The van der Waals surface area contributed by atoms with Gasteiger partial charge in [0.15, 0.2) is 0 Å². The van der Waals surface area contributed by atoms with E-state index in [-0.39, 0.29) is 0 Å². The lowest BCUT2D eigenvalue weighted by atomic mass is 9.91. The van der Waals surface area contributed by atoms with Crippen LogP contribution >= 0.6 is 0 Å². The summed E-state index contributed by atoms with van der Waals surface area (Å²) in [6, 6.07) is 0. The summed E-state index contributed by atoms with van der Waals surface area (Å²) < 4.78 is 0. The standard InChI is InChI=1S/C9H20O2/c1-5-9(4,11)7-6-8(2,3)10/h10-11H,5-7H2,1-4H3. The molecule has 68 valence electrons. The Kier molecular flexibility index (Phi) is 3.52. The van der Waals surface area contributed by atoms with Crippen LogP contribution in [-0.2, 0) is 0 Å². The first kappa shape index (κ1) is 10.9. The van der Waals surface area contributed by atoms with Gasteiger partial charge in [0.25, 0.3) is 0 Å². The fourth-order valence-corrected chi connectivity index (χ4v) is 0.752. The Labute approximate surface area is 69.2 Å². The van der Waals surface area contributed by atoms with Crippen LogP contribution in [-0.4, -0.2) is 21.4 Å². The number of hydrogen-bond donors (Lipinski definition) is 2. The largest absolute Gasteiger partial charge is 0.390 e. The molecule has 0 aromatic carbocycles. The van der Waals surface area contributed by atoms with E-state index in [1.54, 1.807) is 20.8 Å². The van der Waals surface area contributed by atoms with E-state index in [2.05, 4.69) is 0 Å². The highest BCUT2D eigenvalue weighted by molar-refractivity contribution is 4.75. The summed E-state index contributed by atoms with van der Waals surface area (Å²) in [6.45, 7) is 7.28. The van der Waals surface area contributed by atoms with E-state index in [1.807, 2.05) is 6.92 Å². The molecule has 0 aliphatic heterocycles. The average Bonchev–Trinajstić information content (AvgIpc) is 1.83. The van der Waals surface area contributed by atoms with Crippen molar-refractivity contribution in [3.8, 4) is 0 Å². The molecular formula is C9H20O2. The molecule has 2 nitrogen and oxygen atoms in total. The van der Waals surface area contributed by atoms with E-state index in [9.17, 15) is 10.2 Å². The Morgan fingerprint density at radius 1 is 1.00 bits per heavy atom. The van der Waals surface area contributed by atoms with Crippen LogP contribution in [0, 0.1) is 0 Å². The molecule has 0 amide bonds. The van der Waals surface area contributed by atoms with Crippen LogP contribution in [0.25, 0.3) is 0 Å². The lowest BCUT2D eigenvalue weighted by Crippen LogP contribution is -2.28. The summed E-state index contributed by atoms with van der Waals surface area (Å²) in [6.07, 6.45) is 2.05. The minimum absolute atomic E-state index is 0.611. The van der Waals surface area contributed by atoms with Crippen molar-refractivity contribution in [3.05, 3.63) is 0 Å². The lowest BCUT2D eigenvalue weighted by Gasteiger charge is -2.25. The monoisotopic (exact) mass is 160 g/mol. The fourth-order valence-electron chi connectivity index (χ4n) is 0.752. The Morgan fingerprint density at radius 3 is 1.73 bits per heavy atom. The van der Waals surface area contributed by atoms with Crippen molar-refractivity contribution >= 4 is 0 Å². The smallest absolute Gasteiger partial charge is 0.0618 e. The summed E-state index contributed by atoms with van der Waals surface area (Å²) in [4.78, 5) is 0. The molecule has 0 heterocycles. The van der Waals surface area contributed by atoms with Gasteiger partial charge in [-0.3, -0.25) is 0 Å².